The minimum Gasteiger partial charge on any atom is -0.493 e. The molecule has 1 aromatic carbocycles. The number of benzene rings is 1. The van der Waals surface area contributed by atoms with Gasteiger partial charge in [0.1, 0.15) is 5.75 Å². The predicted octanol–water partition coefficient (Wildman–Crippen LogP) is 4.84. The number of halogens is 2. The Kier molecular flexibility index (Phi) is 6.94. The van der Waals surface area contributed by atoms with Gasteiger partial charge in [0.05, 0.1) is 12.2 Å². The molecule has 2 nitrogen and oxygen atoms in total. The van der Waals surface area contributed by atoms with E-state index < -0.39 is 0 Å². The highest BCUT2D eigenvalue weighted by Gasteiger charge is 2.12. The highest BCUT2D eigenvalue weighted by molar-refractivity contribution is 9.10. The number of alkyl halides is 1. The lowest BCUT2D eigenvalue weighted by molar-refractivity contribution is 0.101. The Bertz CT molecular complexity index is 405. The van der Waals surface area contributed by atoms with Crippen LogP contribution < -0.4 is 4.74 Å². The second-order valence-electron chi connectivity index (χ2n) is 4.32. The highest BCUT2D eigenvalue weighted by Crippen LogP contribution is 2.24. The van der Waals surface area contributed by atoms with Gasteiger partial charge in [-0.25, -0.2) is 0 Å². The minimum atomic E-state index is 0.0252. The second-order valence-corrected chi connectivity index (χ2v) is 5.88. The number of Topliss-reactive ketones (excluding diaryl/α,β-unsaturated/α-hetero) is 1. The van der Waals surface area contributed by atoms with Crippen LogP contribution in [-0.4, -0.2) is 17.7 Å². The summed E-state index contributed by atoms with van der Waals surface area (Å²) >= 11 is 6.86. The van der Waals surface area contributed by atoms with Crippen molar-refractivity contribution in [2.45, 2.75) is 26.7 Å². The van der Waals surface area contributed by atoms with Crippen molar-refractivity contribution in [1.29, 1.82) is 0 Å². The Hall–Kier alpha value is -0.350. The topological polar surface area (TPSA) is 26.3 Å². The van der Waals surface area contributed by atoms with Gasteiger partial charge in [0, 0.05) is 15.7 Å². The fourth-order valence-corrected chi connectivity index (χ4v) is 2.60. The second kappa shape index (κ2) is 7.95. The van der Waals surface area contributed by atoms with E-state index in [-0.39, 0.29) is 5.78 Å². The zero-order valence-corrected chi connectivity index (χ0v) is 13.9. The molecule has 0 radical (unpaired) electrons. The lowest BCUT2D eigenvalue weighted by Gasteiger charge is -2.16. The van der Waals surface area contributed by atoms with Crippen LogP contribution in [0.2, 0.25) is 0 Å². The third-order valence-electron chi connectivity index (χ3n) is 2.71. The molecule has 0 fully saturated rings. The number of carbonyl (C=O) groups is 1. The Morgan fingerprint density at radius 2 is 2.17 bits per heavy atom. The normalized spacial score (nSPS) is 12.2. The van der Waals surface area contributed by atoms with Gasteiger partial charge in [0.15, 0.2) is 5.78 Å². The maximum Gasteiger partial charge on any atom is 0.163 e. The van der Waals surface area contributed by atoms with Gasteiger partial charge >= 0.3 is 0 Å². The first kappa shape index (κ1) is 15.7. The smallest absolute Gasteiger partial charge is 0.163 e. The zero-order chi connectivity index (χ0) is 13.5. The molecular formula is C14H18Br2O2. The molecular weight excluding hydrogens is 360 g/mol. The van der Waals surface area contributed by atoms with Crippen molar-refractivity contribution < 1.29 is 9.53 Å². The third kappa shape index (κ3) is 4.73. The zero-order valence-electron chi connectivity index (χ0n) is 10.7. The summed E-state index contributed by atoms with van der Waals surface area (Å²) in [5, 5.41) is 0.923. The minimum absolute atomic E-state index is 0.0252. The van der Waals surface area contributed by atoms with Crippen LogP contribution in [0.15, 0.2) is 22.7 Å². The molecule has 0 aliphatic rings. The first-order chi connectivity index (χ1) is 8.58. The van der Waals surface area contributed by atoms with E-state index in [0.717, 1.165) is 22.6 Å². The van der Waals surface area contributed by atoms with E-state index in [1.165, 1.54) is 0 Å². The molecule has 0 saturated carbocycles. The number of ketones is 1. The van der Waals surface area contributed by atoms with Gasteiger partial charge < -0.3 is 4.74 Å². The third-order valence-corrected chi connectivity index (χ3v) is 4.12. The van der Waals surface area contributed by atoms with Crippen molar-refractivity contribution in [1.82, 2.24) is 0 Å². The van der Waals surface area contributed by atoms with Crippen molar-refractivity contribution in [2.75, 3.05) is 11.9 Å². The van der Waals surface area contributed by atoms with Gasteiger partial charge in [-0.1, -0.05) is 45.2 Å². The van der Waals surface area contributed by atoms with Crippen LogP contribution in [0.1, 0.15) is 37.0 Å². The van der Waals surface area contributed by atoms with Crippen LogP contribution in [0.5, 0.6) is 5.75 Å². The van der Waals surface area contributed by atoms with E-state index in [9.17, 15) is 4.79 Å². The average Bonchev–Trinajstić information content (AvgIpc) is 2.35. The van der Waals surface area contributed by atoms with Crippen LogP contribution in [-0.2, 0) is 0 Å². The van der Waals surface area contributed by atoms with E-state index in [4.69, 9.17) is 4.74 Å². The monoisotopic (exact) mass is 376 g/mol. The Morgan fingerprint density at radius 1 is 1.44 bits per heavy atom. The highest BCUT2D eigenvalue weighted by atomic mass is 79.9. The van der Waals surface area contributed by atoms with Gasteiger partial charge in [-0.15, -0.1) is 0 Å². The molecule has 0 bridgehead atoms. The summed E-state index contributed by atoms with van der Waals surface area (Å²) in [7, 11) is 0. The summed E-state index contributed by atoms with van der Waals surface area (Å²) < 4.78 is 6.68. The van der Waals surface area contributed by atoms with Gasteiger partial charge in [0.25, 0.3) is 0 Å². The number of rotatable bonds is 7. The Balaban J connectivity index is 2.74. The molecule has 0 aliphatic carbocycles. The molecule has 0 aliphatic heterocycles. The van der Waals surface area contributed by atoms with Gasteiger partial charge in [-0.3, -0.25) is 4.79 Å². The van der Waals surface area contributed by atoms with Crippen LogP contribution in [0.25, 0.3) is 0 Å². The SMILES string of the molecule is CCCC(CBr)COc1ccc(Br)cc1C(C)=O. The molecule has 1 aromatic rings. The number of hydrogen-bond acceptors (Lipinski definition) is 2. The lowest BCUT2D eigenvalue weighted by atomic mass is 10.1. The molecule has 1 rings (SSSR count). The van der Waals surface area contributed by atoms with Crippen LogP contribution in [0.4, 0.5) is 0 Å². The molecule has 4 heteroatoms. The van der Waals surface area contributed by atoms with Crippen molar-refractivity contribution in [3.8, 4) is 5.75 Å². The standard InChI is InChI=1S/C14H18Br2O2/c1-3-4-11(8-15)9-18-14-6-5-12(16)7-13(14)10(2)17/h5-7,11H,3-4,8-9H2,1-2H3. The molecule has 0 amide bonds. The van der Waals surface area contributed by atoms with E-state index in [0.29, 0.717) is 23.8 Å². The fourth-order valence-electron chi connectivity index (χ4n) is 1.72. The van der Waals surface area contributed by atoms with E-state index >= 15 is 0 Å². The van der Waals surface area contributed by atoms with Gasteiger partial charge in [0.2, 0.25) is 0 Å². The quantitative estimate of drug-likeness (QED) is 0.501. The van der Waals surface area contributed by atoms with Crippen molar-refractivity contribution in [3.63, 3.8) is 0 Å². The number of carbonyl (C=O) groups excluding carboxylic acids is 1. The molecule has 18 heavy (non-hydrogen) atoms. The molecule has 1 atom stereocenters. The number of hydrogen-bond donors (Lipinski definition) is 0. The summed E-state index contributed by atoms with van der Waals surface area (Å²) in [4.78, 5) is 11.5. The number of ether oxygens (including phenoxy) is 1. The van der Waals surface area contributed by atoms with Crippen molar-refractivity contribution in [2.24, 2.45) is 5.92 Å². The van der Waals surface area contributed by atoms with E-state index in [1.807, 2.05) is 12.1 Å². The maximum absolute atomic E-state index is 11.5. The molecule has 0 heterocycles. The Labute approximate surface area is 125 Å². The van der Waals surface area contributed by atoms with Gasteiger partial charge in [-0.05, 0) is 31.5 Å². The largest absolute Gasteiger partial charge is 0.493 e. The lowest BCUT2D eigenvalue weighted by Crippen LogP contribution is -2.14. The summed E-state index contributed by atoms with van der Waals surface area (Å²) in [6.07, 6.45) is 2.26. The Morgan fingerprint density at radius 3 is 2.72 bits per heavy atom. The summed E-state index contributed by atoms with van der Waals surface area (Å²) in [5.41, 5.74) is 0.634. The summed E-state index contributed by atoms with van der Waals surface area (Å²) in [6, 6.07) is 5.55. The molecule has 0 saturated heterocycles. The first-order valence-electron chi connectivity index (χ1n) is 6.07. The molecule has 0 aromatic heterocycles. The van der Waals surface area contributed by atoms with Crippen LogP contribution in [0.3, 0.4) is 0 Å². The molecule has 1 unspecified atom stereocenters. The fraction of sp³-hybridized carbons (Fsp3) is 0.500. The summed E-state index contributed by atoms with van der Waals surface area (Å²) in [5.74, 6) is 1.18. The van der Waals surface area contributed by atoms with Crippen molar-refractivity contribution >= 4 is 37.6 Å². The van der Waals surface area contributed by atoms with E-state index in [1.54, 1.807) is 13.0 Å². The molecule has 0 N–H and O–H groups in total. The van der Waals surface area contributed by atoms with E-state index in [2.05, 4.69) is 38.8 Å². The first-order valence-corrected chi connectivity index (χ1v) is 7.99. The van der Waals surface area contributed by atoms with Gasteiger partial charge in [-0.2, -0.15) is 0 Å². The van der Waals surface area contributed by atoms with Crippen LogP contribution >= 0.6 is 31.9 Å². The predicted molar refractivity (Wildman–Crippen MR) is 81.8 cm³/mol. The maximum atomic E-state index is 11.5. The molecule has 100 valence electrons. The molecule has 0 spiro atoms. The van der Waals surface area contributed by atoms with Crippen LogP contribution in [0, 0.1) is 5.92 Å². The average molecular weight is 378 g/mol. The summed E-state index contributed by atoms with van der Waals surface area (Å²) in [6.45, 7) is 4.36. The van der Waals surface area contributed by atoms with Crippen molar-refractivity contribution in [3.05, 3.63) is 28.2 Å².